The van der Waals surface area contributed by atoms with Crippen LogP contribution in [0.3, 0.4) is 0 Å². The zero-order valence-electron chi connectivity index (χ0n) is 17.0. The van der Waals surface area contributed by atoms with Gasteiger partial charge in [0.2, 0.25) is 5.91 Å². The minimum Gasteiger partial charge on any atom is -0.338 e. The fraction of sp³-hybridized carbons (Fsp3) is 0.174. The topological polar surface area (TPSA) is 68.9 Å². The van der Waals surface area contributed by atoms with E-state index in [1.807, 2.05) is 79.3 Å². The molecule has 0 saturated carbocycles. The first-order chi connectivity index (χ1) is 14.5. The molecule has 0 fully saturated rings. The van der Waals surface area contributed by atoms with Gasteiger partial charge in [-0.1, -0.05) is 24.3 Å². The van der Waals surface area contributed by atoms with E-state index in [0.29, 0.717) is 11.1 Å². The van der Waals surface area contributed by atoms with Crippen LogP contribution in [0.5, 0.6) is 0 Å². The van der Waals surface area contributed by atoms with Gasteiger partial charge in [-0.05, 0) is 50.4 Å². The predicted octanol–water partition coefficient (Wildman–Crippen LogP) is 4.16. The van der Waals surface area contributed by atoms with Gasteiger partial charge in [0.25, 0.3) is 5.56 Å². The minimum absolute atomic E-state index is 0.126. The predicted molar refractivity (Wildman–Crippen MR) is 122 cm³/mol. The van der Waals surface area contributed by atoms with Crippen molar-refractivity contribution >= 4 is 34.1 Å². The van der Waals surface area contributed by atoms with Crippen LogP contribution in [0.15, 0.2) is 70.5 Å². The van der Waals surface area contributed by atoms with Crippen LogP contribution >= 0.6 is 11.8 Å². The van der Waals surface area contributed by atoms with Crippen LogP contribution in [0, 0.1) is 13.8 Å². The van der Waals surface area contributed by atoms with Gasteiger partial charge in [-0.15, -0.1) is 11.8 Å². The van der Waals surface area contributed by atoms with E-state index in [4.69, 9.17) is 0 Å². The average molecular weight is 419 g/mol. The lowest BCUT2D eigenvalue weighted by Gasteiger charge is -2.10. The van der Waals surface area contributed by atoms with Gasteiger partial charge in [-0.25, -0.2) is 0 Å². The van der Waals surface area contributed by atoms with E-state index in [1.165, 1.54) is 4.68 Å². The molecule has 4 rings (SSSR count). The Bertz CT molecular complexity index is 1290. The molecule has 0 bridgehead atoms. The molecule has 2 heterocycles. The monoisotopic (exact) mass is 418 g/mol. The summed E-state index contributed by atoms with van der Waals surface area (Å²) in [5.74, 6) is -0.142. The molecule has 4 aromatic rings. The van der Waals surface area contributed by atoms with Gasteiger partial charge in [0.15, 0.2) is 0 Å². The molecule has 0 atom stereocenters. The Hall–Kier alpha value is -3.32. The first-order valence-electron chi connectivity index (χ1n) is 9.56. The van der Waals surface area contributed by atoms with Crippen molar-refractivity contribution in [1.82, 2.24) is 14.3 Å². The van der Waals surface area contributed by atoms with Gasteiger partial charge in [0, 0.05) is 27.4 Å². The highest BCUT2D eigenvalue weighted by molar-refractivity contribution is 7.98. The molecule has 6 nitrogen and oxygen atoms in total. The van der Waals surface area contributed by atoms with Crippen molar-refractivity contribution in [3.63, 3.8) is 0 Å². The third kappa shape index (κ3) is 3.64. The van der Waals surface area contributed by atoms with Crippen molar-refractivity contribution in [1.29, 1.82) is 0 Å². The normalized spacial score (nSPS) is 11.0. The highest BCUT2D eigenvalue weighted by Crippen LogP contribution is 2.23. The quantitative estimate of drug-likeness (QED) is 0.494. The first-order valence-corrected chi connectivity index (χ1v) is 10.8. The lowest BCUT2D eigenvalue weighted by Crippen LogP contribution is -2.22. The number of aromatic nitrogens is 3. The molecule has 0 radical (unpaired) electrons. The number of nitrogens with one attached hydrogen (secondary N) is 1. The maximum absolute atomic E-state index is 13.1. The van der Waals surface area contributed by atoms with E-state index in [0.717, 1.165) is 27.4 Å². The molecule has 1 amide bonds. The number of aryl methyl sites for hydroxylation is 2. The number of hydrogen-bond donors (Lipinski definition) is 1. The molecule has 0 aliphatic rings. The van der Waals surface area contributed by atoms with E-state index >= 15 is 0 Å². The Morgan fingerprint density at radius 3 is 2.57 bits per heavy atom. The van der Waals surface area contributed by atoms with Crippen molar-refractivity contribution in [2.75, 3.05) is 11.6 Å². The number of thioether (sulfide) groups is 1. The number of para-hydroxylation sites is 1. The second-order valence-corrected chi connectivity index (χ2v) is 7.90. The second-order valence-electron chi connectivity index (χ2n) is 7.02. The van der Waals surface area contributed by atoms with Crippen molar-refractivity contribution < 1.29 is 4.79 Å². The van der Waals surface area contributed by atoms with E-state index in [1.54, 1.807) is 18.0 Å². The highest BCUT2D eigenvalue weighted by atomic mass is 32.2. The molecule has 0 unspecified atom stereocenters. The van der Waals surface area contributed by atoms with Crippen LogP contribution in [0.25, 0.3) is 16.5 Å². The fourth-order valence-electron chi connectivity index (χ4n) is 3.64. The third-order valence-electron chi connectivity index (χ3n) is 5.20. The molecule has 0 saturated heterocycles. The molecule has 30 heavy (non-hydrogen) atoms. The molecule has 0 aliphatic carbocycles. The van der Waals surface area contributed by atoms with E-state index < -0.39 is 0 Å². The van der Waals surface area contributed by atoms with E-state index in [2.05, 4.69) is 10.4 Å². The summed E-state index contributed by atoms with van der Waals surface area (Å²) in [7, 11) is 0. The zero-order chi connectivity index (χ0) is 21.3. The molecule has 7 heteroatoms. The summed E-state index contributed by atoms with van der Waals surface area (Å²) in [6.45, 7) is 3.90. The Labute approximate surface area is 178 Å². The highest BCUT2D eigenvalue weighted by Gasteiger charge is 2.18. The minimum atomic E-state index is -0.189. The van der Waals surface area contributed by atoms with E-state index in [-0.39, 0.29) is 18.0 Å². The van der Waals surface area contributed by atoms with Gasteiger partial charge >= 0.3 is 0 Å². The standard InChI is InChI=1S/C23H22N4O2S/c1-15-20-13-24-27(18-9-5-4-6-10-18)23(29)22(20)16(2)26(15)14-21(28)25-17-8-7-11-19(12-17)30-3/h4-13H,14H2,1-3H3,(H,25,28). The third-order valence-corrected chi connectivity index (χ3v) is 5.92. The summed E-state index contributed by atoms with van der Waals surface area (Å²) >= 11 is 1.62. The number of anilines is 1. The molecule has 2 aromatic heterocycles. The lowest BCUT2D eigenvalue weighted by molar-refractivity contribution is -0.116. The summed E-state index contributed by atoms with van der Waals surface area (Å²) in [4.78, 5) is 26.9. The smallest absolute Gasteiger partial charge is 0.281 e. The van der Waals surface area contributed by atoms with Crippen LogP contribution in [-0.4, -0.2) is 26.5 Å². The van der Waals surface area contributed by atoms with Crippen molar-refractivity contribution in [2.24, 2.45) is 0 Å². The number of carbonyl (C=O) groups excluding carboxylic acids is 1. The van der Waals surface area contributed by atoms with Crippen molar-refractivity contribution in [2.45, 2.75) is 25.3 Å². The Kier molecular flexibility index (Phi) is 5.46. The summed E-state index contributed by atoms with van der Waals surface area (Å²) in [5.41, 5.74) is 2.88. The SMILES string of the molecule is CSc1cccc(NC(=O)Cn2c(C)c3cnn(-c4ccccc4)c(=O)c3c2C)c1. The number of hydrogen-bond acceptors (Lipinski definition) is 4. The van der Waals surface area contributed by atoms with Crippen LogP contribution in [0.1, 0.15) is 11.4 Å². The number of fused-ring (bicyclic) bond motifs is 1. The number of amides is 1. The molecule has 152 valence electrons. The molecule has 1 N–H and O–H groups in total. The van der Waals surface area contributed by atoms with Crippen LogP contribution in [0.2, 0.25) is 0 Å². The summed E-state index contributed by atoms with van der Waals surface area (Å²) in [6, 6.07) is 17.0. The van der Waals surface area contributed by atoms with Crippen LogP contribution in [0.4, 0.5) is 5.69 Å². The van der Waals surface area contributed by atoms with E-state index in [9.17, 15) is 9.59 Å². The summed E-state index contributed by atoms with van der Waals surface area (Å²) in [5, 5.41) is 8.64. The molecule has 0 aliphatic heterocycles. The number of rotatable bonds is 5. The summed E-state index contributed by atoms with van der Waals surface area (Å²) in [6.07, 6.45) is 3.69. The number of benzene rings is 2. The van der Waals surface area contributed by atoms with Gasteiger partial charge in [0.1, 0.15) is 6.54 Å². The maximum atomic E-state index is 13.1. The maximum Gasteiger partial charge on any atom is 0.281 e. The molecule has 0 spiro atoms. The Morgan fingerprint density at radius 1 is 1.07 bits per heavy atom. The van der Waals surface area contributed by atoms with Crippen molar-refractivity contribution in [3.8, 4) is 5.69 Å². The molecule has 2 aromatic carbocycles. The second kappa shape index (κ2) is 8.20. The molecular weight excluding hydrogens is 396 g/mol. The number of nitrogens with zero attached hydrogens (tertiary/aromatic N) is 3. The van der Waals surface area contributed by atoms with Gasteiger partial charge < -0.3 is 9.88 Å². The van der Waals surface area contributed by atoms with Crippen LogP contribution in [-0.2, 0) is 11.3 Å². The number of carbonyl (C=O) groups is 1. The average Bonchev–Trinajstić information content (AvgIpc) is 3.00. The Balaban J connectivity index is 1.69. The zero-order valence-corrected chi connectivity index (χ0v) is 17.9. The Morgan fingerprint density at radius 2 is 1.83 bits per heavy atom. The first kappa shape index (κ1) is 20.0. The van der Waals surface area contributed by atoms with Crippen LogP contribution < -0.4 is 10.9 Å². The van der Waals surface area contributed by atoms with Gasteiger partial charge in [0.05, 0.1) is 17.3 Å². The largest absolute Gasteiger partial charge is 0.338 e. The van der Waals surface area contributed by atoms with Crippen molar-refractivity contribution in [3.05, 3.63) is 82.5 Å². The summed E-state index contributed by atoms with van der Waals surface area (Å²) < 4.78 is 3.27. The molecular formula is C23H22N4O2S. The lowest BCUT2D eigenvalue weighted by atomic mass is 10.2. The van der Waals surface area contributed by atoms with Gasteiger partial charge in [-0.3, -0.25) is 9.59 Å². The fourth-order valence-corrected chi connectivity index (χ4v) is 4.10. The van der Waals surface area contributed by atoms with Gasteiger partial charge in [-0.2, -0.15) is 9.78 Å².